The Hall–Kier alpha value is -0.960. The first-order chi connectivity index (χ1) is 11.0. The number of halogens is 1. The SMILES string of the molecule is O=S(=O)(N[C@@H]1CCN(Cc2ccccc2)C1)c1ccc(I)cc1. The zero-order chi connectivity index (χ0) is 16.3. The van der Waals surface area contributed by atoms with Gasteiger partial charge in [0, 0.05) is 29.2 Å². The minimum Gasteiger partial charge on any atom is -0.297 e. The van der Waals surface area contributed by atoms with Gasteiger partial charge in [-0.15, -0.1) is 0 Å². The monoisotopic (exact) mass is 442 g/mol. The number of hydrogen-bond donors (Lipinski definition) is 1. The van der Waals surface area contributed by atoms with E-state index < -0.39 is 10.0 Å². The summed E-state index contributed by atoms with van der Waals surface area (Å²) in [6.07, 6.45) is 0.844. The largest absolute Gasteiger partial charge is 0.297 e. The molecule has 1 heterocycles. The van der Waals surface area contributed by atoms with Gasteiger partial charge in [-0.2, -0.15) is 0 Å². The van der Waals surface area contributed by atoms with E-state index in [-0.39, 0.29) is 6.04 Å². The van der Waals surface area contributed by atoms with Gasteiger partial charge in [0.25, 0.3) is 0 Å². The second-order valence-electron chi connectivity index (χ2n) is 5.78. The summed E-state index contributed by atoms with van der Waals surface area (Å²) in [6, 6.07) is 17.2. The number of sulfonamides is 1. The van der Waals surface area contributed by atoms with E-state index in [4.69, 9.17) is 0 Å². The normalized spacial score (nSPS) is 19.1. The Morgan fingerprint density at radius 2 is 1.78 bits per heavy atom. The van der Waals surface area contributed by atoms with Crippen molar-refractivity contribution in [1.29, 1.82) is 0 Å². The van der Waals surface area contributed by atoms with Crippen LogP contribution in [0.2, 0.25) is 0 Å². The molecule has 1 atom stereocenters. The topological polar surface area (TPSA) is 49.4 Å². The summed E-state index contributed by atoms with van der Waals surface area (Å²) in [5, 5.41) is 0. The van der Waals surface area contributed by atoms with Crippen LogP contribution in [0, 0.1) is 3.57 Å². The van der Waals surface area contributed by atoms with Crippen molar-refractivity contribution in [3.8, 4) is 0 Å². The first-order valence-electron chi connectivity index (χ1n) is 7.57. The lowest BCUT2D eigenvalue weighted by Gasteiger charge is -2.17. The molecule has 3 rings (SSSR count). The van der Waals surface area contributed by atoms with E-state index in [9.17, 15) is 8.42 Å². The molecule has 23 heavy (non-hydrogen) atoms. The van der Waals surface area contributed by atoms with Crippen molar-refractivity contribution in [1.82, 2.24) is 9.62 Å². The molecular formula is C17H19IN2O2S. The van der Waals surface area contributed by atoms with Gasteiger partial charge in [-0.05, 0) is 58.8 Å². The van der Waals surface area contributed by atoms with Crippen molar-refractivity contribution >= 4 is 32.6 Å². The predicted molar refractivity (Wildman–Crippen MR) is 99.6 cm³/mol. The molecule has 0 radical (unpaired) electrons. The van der Waals surface area contributed by atoms with E-state index in [1.54, 1.807) is 12.1 Å². The first kappa shape index (κ1) is 16.9. The van der Waals surface area contributed by atoms with E-state index in [1.165, 1.54) is 5.56 Å². The van der Waals surface area contributed by atoms with Crippen molar-refractivity contribution in [2.75, 3.05) is 13.1 Å². The number of rotatable bonds is 5. The van der Waals surface area contributed by atoms with E-state index in [0.717, 1.165) is 29.6 Å². The number of nitrogens with zero attached hydrogens (tertiary/aromatic N) is 1. The fourth-order valence-corrected chi connectivity index (χ4v) is 4.44. The molecule has 0 aliphatic carbocycles. The van der Waals surface area contributed by atoms with Gasteiger partial charge in [-0.3, -0.25) is 4.90 Å². The average molecular weight is 442 g/mol. The highest BCUT2D eigenvalue weighted by Gasteiger charge is 2.27. The molecule has 1 aliphatic heterocycles. The first-order valence-corrected chi connectivity index (χ1v) is 10.1. The Kier molecular flexibility index (Phi) is 5.35. The van der Waals surface area contributed by atoms with E-state index in [1.807, 2.05) is 30.3 Å². The fourth-order valence-electron chi connectivity index (χ4n) is 2.82. The second-order valence-corrected chi connectivity index (χ2v) is 8.74. The van der Waals surface area contributed by atoms with Gasteiger partial charge < -0.3 is 0 Å². The number of hydrogen-bond acceptors (Lipinski definition) is 3. The van der Waals surface area contributed by atoms with Crippen LogP contribution in [-0.2, 0) is 16.6 Å². The molecule has 1 saturated heterocycles. The number of likely N-dealkylation sites (tertiary alicyclic amines) is 1. The molecule has 1 N–H and O–H groups in total. The van der Waals surface area contributed by atoms with Gasteiger partial charge in [0.15, 0.2) is 0 Å². The van der Waals surface area contributed by atoms with Crippen LogP contribution in [0.1, 0.15) is 12.0 Å². The Bertz CT molecular complexity index is 748. The molecule has 0 aromatic heterocycles. The Labute approximate surface area is 151 Å². The summed E-state index contributed by atoms with van der Waals surface area (Å²) in [4.78, 5) is 2.62. The summed E-state index contributed by atoms with van der Waals surface area (Å²) in [5.41, 5.74) is 1.26. The maximum atomic E-state index is 12.4. The molecule has 122 valence electrons. The third kappa shape index (κ3) is 4.53. The lowest BCUT2D eigenvalue weighted by molar-refractivity contribution is 0.324. The van der Waals surface area contributed by atoms with Gasteiger partial charge in [-0.25, -0.2) is 13.1 Å². The van der Waals surface area contributed by atoms with Gasteiger partial charge in [0.2, 0.25) is 10.0 Å². The molecule has 0 unspecified atom stereocenters. The third-order valence-corrected chi connectivity index (χ3v) is 6.22. The van der Waals surface area contributed by atoms with Crippen LogP contribution < -0.4 is 4.72 Å². The summed E-state index contributed by atoms with van der Waals surface area (Å²) < 4.78 is 28.7. The fraction of sp³-hybridized carbons (Fsp3) is 0.294. The lowest BCUT2D eigenvalue weighted by atomic mass is 10.2. The average Bonchev–Trinajstić information content (AvgIpc) is 2.95. The molecule has 2 aromatic rings. The number of benzene rings is 2. The molecule has 0 saturated carbocycles. The summed E-state index contributed by atoms with van der Waals surface area (Å²) in [6.45, 7) is 2.52. The van der Waals surface area contributed by atoms with E-state index >= 15 is 0 Å². The quantitative estimate of drug-likeness (QED) is 0.725. The Balaban J connectivity index is 1.60. The van der Waals surface area contributed by atoms with Gasteiger partial charge in [0.1, 0.15) is 0 Å². The smallest absolute Gasteiger partial charge is 0.240 e. The molecule has 0 spiro atoms. The maximum Gasteiger partial charge on any atom is 0.240 e. The molecule has 0 bridgehead atoms. The lowest BCUT2D eigenvalue weighted by Crippen LogP contribution is -2.36. The van der Waals surface area contributed by atoms with Crippen molar-refractivity contribution in [2.45, 2.75) is 23.9 Å². The van der Waals surface area contributed by atoms with Crippen molar-refractivity contribution < 1.29 is 8.42 Å². The van der Waals surface area contributed by atoms with Gasteiger partial charge in [0.05, 0.1) is 4.90 Å². The molecule has 0 amide bonds. The zero-order valence-electron chi connectivity index (χ0n) is 12.7. The van der Waals surface area contributed by atoms with Gasteiger partial charge >= 0.3 is 0 Å². The minimum atomic E-state index is -3.44. The number of nitrogens with one attached hydrogen (secondary N) is 1. The zero-order valence-corrected chi connectivity index (χ0v) is 15.6. The molecule has 4 nitrogen and oxygen atoms in total. The molecule has 6 heteroatoms. The van der Waals surface area contributed by atoms with Crippen molar-refractivity contribution in [2.24, 2.45) is 0 Å². The molecule has 2 aromatic carbocycles. The third-order valence-electron chi connectivity index (χ3n) is 3.97. The Morgan fingerprint density at radius 1 is 1.09 bits per heavy atom. The van der Waals surface area contributed by atoms with E-state index in [2.05, 4.69) is 44.3 Å². The minimum absolute atomic E-state index is 0.0250. The molecule has 1 aliphatic rings. The van der Waals surface area contributed by atoms with Crippen LogP contribution in [0.5, 0.6) is 0 Å². The summed E-state index contributed by atoms with van der Waals surface area (Å²) in [5.74, 6) is 0. The summed E-state index contributed by atoms with van der Waals surface area (Å²) >= 11 is 2.17. The van der Waals surface area contributed by atoms with Crippen LogP contribution in [-0.4, -0.2) is 32.4 Å². The van der Waals surface area contributed by atoms with Crippen LogP contribution in [0.15, 0.2) is 59.5 Å². The van der Waals surface area contributed by atoms with Crippen LogP contribution in [0.3, 0.4) is 0 Å². The molecular weight excluding hydrogens is 423 g/mol. The summed E-state index contributed by atoms with van der Waals surface area (Å²) in [7, 11) is -3.44. The highest BCUT2D eigenvalue weighted by Crippen LogP contribution is 2.17. The highest BCUT2D eigenvalue weighted by atomic mass is 127. The van der Waals surface area contributed by atoms with Crippen molar-refractivity contribution in [3.63, 3.8) is 0 Å². The maximum absolute atomic E-state index is 12.4. The second kappa shape index (κ2) is 7.29. The molecule has 1 fully saturated rings. The highest BCUT2D eigenvalue weighted by molar-refractivity contribution is 14.1. The van der Waals surface area contributed by atoms with Crippen LogP contribution >= 0.6 is 22.6 Å². The van der Waals surface area contributed by atoms with Gasteiger partial charge in [-0.1, -0.05) is 30.3 Å². The van der Waals surface area contributed by atoms with Crippen LogP contribution in [0.4, 0.5) is 0 Å². The Morgan fingerprint density at radius 3 is 2.48 bits per heavy atom. The standard InChI is InChI=1S/C17H19IN2O2S/c18-15-6-8-17(9-7-15)23(21,22)19-16-10-11-20(13-16)12-14-4-2-1-3-5-14/h1-9,16,19H,10-13H2/t16-/m1/s1. The predicted octanol–water partition coefficient (Wildman–Crippen LogP) is 2.84. The van der Waals surface area contributed by atoms with Crippen molar-refractivity contribution in [3.05, 3.63) is 63.7 Å². The van der Waals surface area contributed by atoms with Crippen LogP contribution in [0.25, 0.3) is 0 Å². The van der Waals surface area contributed by atoms with E-state index in [0.29, 0.717) is 4.90 Å².